The maximum Gasteiger partial charge on any atom is 0.303 e. The number of carbonyl (C=O) groups excluding carboxylic acids is 1. The molecule has 0 radical (unpaired) electrons. The van der Waals surface area contributed by atoms with Crippen molar-refractivity contribution < 1.29 is 14.7 Å². The van der Waals surface area contributed by atoms with E-state index in [-0.39, 0.29) is 12.3 Å². The van der Waals surface area contributed by atoms with Crippen molar-refractivity contribution in [3.05, 3.63) is 48.4 Å². The molecule has 0 fully saturated rings. The van der Waals surface area contributed by atoms with Gasteiger partial charge in [0, 0.05) is 24.7 Å². The Labute approximate surface area is 147 Å². The van der Waals surface area contributed by atoms with Gasteiger partial charge in [-0.2, -0.15) is 0 Å². The van der Waals surface area contributed by atoms with Crippen LogP contribution >= 0.6 is 0 Å². The van der Waals surface area contributed by atoms with Gasteiger partial charge in [-0.15, -0.1) is 0 Å². The van der Waals surface area contributed by atoms with E-state index in [2.05, 4.69) is 15.3 Å². The molecule has 0 aliphatic heterocycles. The van der Waals surface area contributed by atoms with Crippen LogP contribution < -0.4 is 5.32 Å². The third-order valence-corrected chi connectivity index (χ3v) is 3.86. The van der Waals surface area contributed by atoms with Crippen LogP contribution in [0.3, 0.4) is 0 Å². The topological polar surface area (TPSA) is 92.2 Å². The first-order valence-electron chi connectivity index (χ1n) is 8.54. The SMILES string of the molecule is O=C(O)CCCCCCCNC(=O)c1cncnc1-c1ccccc1. The van der Waals surface area contributed by atoms with Gasteiger partial charge in [0.05, 0.1) is 11.3 Å². The lowest BCUT2D eigenvalue weighted by atomic mass is 10.1. The van der Waals surface area contributed by atoms with Gasteiger partial charge >= 0.3 is 5.97 Å². The molecule has 0 saturated carbocycles. The van der Waals surface area contributed by atoms with Crippen LogP contribution in [0.1, 0.15) is 48.9 Å². The highest BCUT2D eigenvalue weighted by Gasteiger charge is 2.13. The van der Waals surface area contributed by atoms with Crippen molar-refractivity contribution in [2.75, 3.05) is 6.54 Å². The molecule has 2 N–H and O–H groups in total. The monoisotopic (exact) mass is 341 g/mol. The van der Waals surface area contributed by atoms with Crippen LogP contribution in [-0.2, 0) is 4.79 Å². The highest BCUT2D eigenvalue weighted by Crippen LogP contribution is 2.19. The van der Waals surface area contributed by atoms with Crippen LogP contribution in [0.5, 0.6) is 0 Å². The van der Waals surface area contributed by atoms with Crippen molar-refractivity contribution in [3.8, 4) is 11.3 Å². The third kappa shape index (κ3) is 6.33. The van der Waals surface area contributed by atoms with Gasteiger partial charge in [-0.25, -0.2) is 9.97 Å². The van der Waals surface area contributed by atoms with E-state index in [0.717, 1.165) is 31.2 Å². The molecule has 6 heteroatoms. The fourth-order valence-corrected chi connectivity index (χ4v) is 2.55. The number of aromatic nitrogens is 2. The predicted octanol–water partition coefficient (Wildman–Crippen LogP) is 3.30. The number of nitrogens with one attached hydrogen (secondary N) is 1. The van der Waals surface area contributed by atoms with E-state index in [1.807, 2.05) is 30.3 Å². The molecular weight excluding hydrogens is 318 g/mol. The third-order valence-electron chi connectivity index (χ3n) is 3.86. The van der Waals surface area contributed by atoms with Crippen molar-refractivity contribution in [2.45, 2.75) is 38.5 Å². The molecule has 0 aliphatic carbocycles. The lowest BCUT2D eigenvalue weighted by Gasteiger charge is -2.09. The number of aliphatic carboxylic acids is 1. The normalized spacial score (nSPS) is 10.4. The zero-order valence-corrected chi connectivity index (χ0v) is 14.1. The maximum atomic E-state index is 12.4. The maximum absolute atomic E-state index is 12.4. The van der Waals surface area contributed by atoms with Gasteiger partial charge in [0.15, 0.2) is 0 Å². The van der Waals surface area contributed by atoms with Crippen LogP contribution in [0.4, 0.5) is 0 Å². The molecule has 0 unspecified atom stereocenters. The van der Waals surface area contributed by atoms with Gasteiger partial charge in [0.25, 0.3) is 5.91 Å². The number of carboxylic acids is 1. The Balaban J connectivity index is 1.77. The summed E-state index contributed by atoms with van der Waals surface area (Å²) in [5.74, 6) is -0.920. The first kappa shape index (κ1) is 18.6. The van der Waals surface area contributed by atoms with Crippen LogP contribution in [-0.4, -0.2) is 33.5 Å². The largest absolute Gasteiger partial charge is 0.481 e. The van der Waals surface area contributed by atoms with Crippen LogP contribution in [0.15, 0.2) is 42.9 Å². The summed E-state index contributed by atoms with van der Waals surface area (Å²) in [6.45, 7) is 0.584. The van der Waals surface area contributed by atoms with Crippen LogP contribution in [0.25, 0.3) is 11.3 Å². The fraction of sp³-hybridized carbons (Fsp3) is 0.368. The second-order valence-electron chi connectivity index (χ2n) is 5.82. The number of carbonyl (C=O) groups is 2. The Morgan fingerprint density at radius 2 is 1.72 bits per heavy atom. The fourth-order valence-electron chi connectivity index (χ4n) is 2.55. The molecule has 1 amide bonds. The van der Waals surface area contributed by atoms with E-state index >= 15 is 0 Å². The zero-order valence-electron chi connectivity index (χ0n) is 14.1. The molecule has 1 aromatic heterocycles. The Morgan fingerprint density at radius 3 is 2.48 bits per heavy atom. The summed E-state index contributed by atoms with van der Waals surface area (Å²) in [6.07, 6.45) is 7.64. The van der Waals surface area contributed by atoms with Crippen LogP contribution in [0, 0.1) is 0 Å². The minimum absolute atomic E-state index is 0.176. The lowest BCUT2D eigenvalue weighted by molar-refractivity contribution is -0.137. The molecule has 0 aliphatic rings. The molecule has 0 bridgehead atoms. The van der Waals surface area contributed by atoms with Crippen molar-refractivity contribution >= 4 is 11.9 Å². The summed E-state index contributed by atoms with van der Waals surface area (Å²) in [6, 6.07) is 9.56. The van der Waals surface area contributed by atoms with Gasteiger partial charge in [-0.1, -0.05) is 49.6 Å². The van der Waals surface area contributed by atoms with Crippen LogP contribution in [0.2, 0.25) is 0 Å². The Hall–Kier alpha value is -2.76. The highest BCUT2D eigenvalue weighted by atomic mass is 16.4. The molecule has 0 saturated heterocycles. The Bertz CT molecular complexity index is 689. The molecule has 1 heterocycles. The van der Waals surface area contributed by atoms with Crippen molar-refractivity contribution in [2.24, 2.45) is 0 Å². The van der Waals surface area contributed by atoms with E-state index in [0.29, 0.717) is 24.2 Å². The van der Waals surface area contributed by atoms with Gasteiger partial charge in [0.2, 0.25) is 0 Å². The molecule has 1 aromatic carbocycles. The van der Waals surface area contributed by atoms with Crippen molar-refractivity contribution in [1.82, 2.24) is 15.3 Å². The van der Waals surface area contributed by atoms with Gasteiger partial charge < -0.3 is 10.4 Å². The number of nitrogens with zero attached hydrogens (tertiary/aromatic N) is 2. The van der Waals surface area contributed by atoms with E-state index in [4.69, 9.17) is 5.11 Å². The van der Waals surface area contributed by atoms with Gasteiger partial charge in [0.1, 0.15) is 6.33 Å². The number of unbranched alkanes of at least 4 members (excludes halogenated alkanes) is 4. The van der Waals surface area contributed by atoms with Gasteiger partial charge in [-0.05, 0) is 12.8 Å². The zero-order chi connectivity index (χ0) is 17.9. The molecule has 0 atom stereocenters. The first-order valence-corrected chi connectivity index (χ1v) is 8.54. The molecular formula is C19H23N3O3. The second-order valence-corrected chi connectivity index (χ2v) is 5.82. The standard InChI is InChI=1S/C19H23N3O3/c23-17(24)11-7-2-1-3-8-12-21-19(25)16-13-20-14-22-18(16)15-9-5-4-6-10-15/h4-6,9-10,13-14H,1-3,7-8,11-12H2,(H,21,25)(H,23,24). The summed E-state index contributed by atoms with van der Waals surface area (Å²) in [4.78, 5) is 31.0. The second kappa shape index (κ2) is 10.2. The Morgan fingerprint density at radius 1 is 1.00 bits per heavy atom. The molecule has 132 valence electrons. The first-order chi connectivity index (χ1) is 12.2. The number of carboxylic acid groups (broad SMARTS) is 1. The summed E-state index contributed by atoms with van der Waals surface area (Å²) < 4.78 is 0. The molecule has 25 heavy (non-hydrogen) atoms. The average molecular weight is 341 g/mol. The number of amides is 1. The average Bonchev–Trinajstić information content (AvgIpc) is 2.64. The van der Waals surface area contributed by atoms with E-state index in [1.165, 1.54) is 12.5 Å². The van der Waals surface area contributed by atoms with Crippen molar-refractivity contribution in [3.63, 3.8) is 0 Å². The molecule has 2 aromatic rings. The molecule has 2 rings (SSSR count). The summed E-state index contributed by atoms with van der Waals surface area (Å²) in [5.41, 5.74) is 1.98. The van der Waals surface area contributed by atoms with Crippen molar-refractivity contribution in [1.29, 1.82) is 0 Å². The van der Waals surface area contributed by atoms with E-state index in [9.17, 15) is 9.59 Å². The number of rotatable bonds is 10. The van der Waals surface area contributed by atoms with E-state index < -0.39 is 5.97 Å². The number of benzene rings is 1. The quantitative estimate of drug-likeness (QED) is 0.647. The summed E-state index contributed by atoms with van der Waals surface area (Å²) >= 11 is 0. The minimum atomic E-state index is -0.744. The molecule has 6 nitrogen and oxygen atoms in total. The summed E-state index contributed by atoms with van der Waals surface area (Å²) in [5, 5.41) is 11.5. The smallest absolute Gasteiger partial charge is 0.303 e. The highest BCUT2D eigenvalue weighted by molar-refractivity contribution is 5.99. The van der Waals surface area contributed by atoms with Gasteiger partial charge in [-0.3, -0.25) is 9.59 Å². The van der Waals surface area contributed by atoms with E-state index in [1.54, 1.807) is 0 Å². The minimum Gasteiger partial charge on any atom is -0.481 e. The molecule has 0 spiro atoms. The predicted molar refractivity (Wildman–Crippen MR) is 95.1 cm³/mol. The lowest BCUT2D eigenvalue weighted by Crippen LogP contribution is -2.25. The number of hydrogen-bond acceptors (Lipinski definition) is 4. The number of hydrogen-bond donors (Lipinski definition) is 2. The Kier molecular flexibility index (Phi) is 7.56. The summed E-state index contributed by atoms with van der Waals surface area (Å²) in [7, 11) is 0.